The molecule has 2 N–H and O–H groups in total. The number of carbonyl (C=O) groups is 1. The topological polar surface area (TPSA) is 92.5 Å². The first kappa shape index (κ1) is 22.3. The molecule has 1 unspecified atom stereocenters. The number of urea groups is 1. The largest absolute Gasteiger partial charge is 0.455 e. The summed E-state index contributed by atoms with van der Waals surface area (Å²) in [5.74, 6) is -2.43. The van der Waals surface area contributed by atoms with Crippen molar-refractivity contribution in [3.8, 4) is 0 Å². The zero-order valence-electron chi connectivity index (χ0n) is 17.7. The van der Waals surface area contributed by atoms with E-state index >= 15 is 0 Å². The Morgan fingerprint density at radius 3 is 2.47 bits per heavy atom. The number of aromatic nitrogens is 2. The fourth-order valence-electron chi connectivity index (χ4n) is 4.16. The number of aryl methyl sites for hydroxylation is 1. The zero-order chi connectivity index (χ0) is 24.3. The number of alkyl halides is 3. The summed E-state index contributed by atoms with van der Waals surface area (Å²) in [5.41, 5.74) is -0.460. The van der Waals surface area contributed by atoms with Gasteiger partial charge in [-0.1, -0.05) is 0 Å². The van der Waals surface area contributed by atoms with Gasteiger partial charge in [-0.15, -0.1) is 0 Å². The highest BCUT2D eigenvalue weighted by atomic mass is 19.4. The summed E-state index contributed by atoms with van der Waals surface area (Å²) in [5, 5.41) is 3.86. The molecule has 2 fully saturated rings. The highest BCUT2D eigenvalue weighted by Crippen LogP contribution is 2.40. The second-order valence-corrected chi connectivity index (χ2v) is 8.55. The summed E-state index contributed by atoms with van der Waals surface area (Å²) in [6, 6.07) is -2.45. The molecule has 1 aromatic carbocycles. The number of benzene rings is 1. The van der Waals surface area contributed by atoms with Crippen LogP contribution in [0.2, 0.25) is 0 Å². The van der Waals surface area contributed by atoms with E-state index in [0.717, 1.165) is 19.2 Å². The minimum absolute atomic E-state index is 0. The van der Waals surface area contributed by atoms with Crippen molar-refractivity contribution in [2.75, 3.05) is 36.5 Å². The molecule has 2 amide bonds. The molecule has 1 spiro atoms. The minimum Gasteiger partial charge on any atom is -0.455 e. The van der Waals surface area contributed by atoms with Gasteiger partial charge in [-0.25, -0.2) is 23.5 Å². The third-order valence-corrected chi connectivity index (χ3v) is 5.91. The summed E-state index contributed by atoms with van der Waals surface area (Å²) in [6.07, 6.45) is -2.43. The van der Waals surface area contributed by atoms with Crippen LogP contribution in [0.5, 0.6) is 0 Å². The zero-order valence-corrected chi connectivity index (χ0v) is 17.7. The molecule has 8 nitrogen and oxygen atoms in total. The van der Waals surface area contributed by atoms with Gasteiger partial charge in [-0.05, 0) is 13.0 Å². The van der Waals surface area contributed by atoms with Crippen molar-refractivity contribution in [2.24, 2.45) is 5.41 Å². The van der Waals surface area contributed by atoms with Gasteiger partial charge in [0.25, 0.3) is 0 Å². The average Bonchev–Trinajstić information content (AvgIpc) is 3.01. The van der Waals surface area contributed by atoms with E-state index in [0.29, 0.717) is 25.2 Å². The molecule has 3 aromatic rings. The molecule has 0 saturated carbocycles. The molecule has 0 aliphatic carbocycles. The Hall–Kier alpha value is -3.48. The fraction of sp³-hybridized carbons (Fsp3) is 0.381. The van der Waals surface area contributed by atoms with Crippen LogP contribution in [0.4, 0.5) is 38.4 Å². The summed E-state index contributed by atoms with van der Waals surface area (Å²) >= 11 is 0. The summed E-state index contributed by atoms with van der Waals surface area (Å²) in [7, 11) is 0. The summed E-state index contributed by atoms with van der Waals surface area (Å²) < 4.78 is 79.1. The monoisotopic (exact) mass is 487 g/mol. The van der Waals surface area contributed by atoms with Crippen LogP contribution in [0.1, 0.15) is 20.2 Å². The first-order chi connectivity index (χ1) is 16.0. The average molecular weight is 487 g/mol. The Morgan fingerprint density at radius 2 is 1.88 bits per heavy atom. The lowest BCUT2D eigenvalue weighted by molar-refractivity contribution is -0.158. The maximum Gasteiger partial charge on any atom is 0.416 e. The first-order valence-corrected chi connectivity index (χ1v) is 10.2. The number of hydrogen-bond acceptors (Lipinski definition) is 6. The number of furan rings is 1. The van der Waals surface area contributed by atoms with Crippen molar-refractivity contribution in [2.45, 2.75) is 19.1 Å². The van der Waals surface area contributed by atoms with Gasteiger partial charge < -0.3 is 24.7 Å². The lowest BCUT2D eigenvalue weighted by atomic mass is 9.78. The normalized spacial score (nSPS) is 17.9. The molecule has 5 rings (SSSR count). The lowest BCUT2D eigenvalue weighted by Gasteiger charge is -2.54. The van der Waals surface area contributed by atoms with Gasteiger partial charge in [-0.3, -0.25) is 0 Å². The predicted molar refractivity (Wildman–Crippen MR) is 114 cm³/mol. The number of nitrogens with one attached hydrogen (secondary N) is 2. The van der Waals surface area contributed by atoms with Gasteiger partial charge >= 0.3 is 12.2 Å². The number of amides is 2. The third kappa shape index (κ3) is 3.89. The predicted octanol–water partition coefficient (Wildman–Crippen LogP) is 4.56. The molecule has 2 saturated heterocycles. The van der Waals surface area contributed by atoms with Gasteiger partial charge in [0.15, 0.2) is 17.4 Å². The molecular formula is C21H22F5N5O3. The highest BCUT2D eigenvalue weighted by molar-refractivity contribution is 5.89. The van der Waals surface area contributed by atoms with Crippen LogP contribution in [-0.2, 0) is 4.74 Å². The second kappa shape index (κ2) is 7.79. The Bertz CT molecular complexity index is 1260. The lowest BCUT2D eigenvalue weighted by Crippen LogP contribution is -2.66. The summed E-state index contributed by atoms with van der Waals surface area (Å²) in [6.45, 7) is 4.09. The van der Waals surface area contributed by atoms with E-state index in [1.807, 2.05) is 4.90 Å². The Morgan fingerprint density at radius 1 is 1.21 bits per heavy atom. The molecule has 2 aliphatic rings. The quantitative estimate of drug-likeness (QED) is 0.524. The third-order valence-electron chi connectivity index (χ3n) is 5.91. The standard InChI is InChI=1S/C21H18F5N5O3.2H2/c1-10-13-2-11(22)3-14(23)16(13)34-15(10)17(21(24,25)26)30-19(32)29-12-4-27-18(28-5-12)31-6-20(7-31)8-33-9-20;;/h2-5,17H,6-9H2,1H3,(H2,29,30,32);2*1H. The van der Waals surface area contributed by atoms with E-state index < -0.39 is 41.2 Å². The van der Waals surface area contributed by atoms with Gasteiger partial charge in [0, 0.05) is 33.0 Å². The van der Waals surface area contributed by atoms with Gasteiger partial charge in [0.1, 0.15) is 11.6 Å². The fourth-order valence-corrected chi connectivity index (χ4v) is 4.16. The van der Waals surface area contributed by atoms with Crippen molar-refractivity contribution in [1.82, 2.24) is 15.3 Å². The number of nitrogens with zero attached hydrogens (tertiary/aromatic N) is 3. The Kier molecular flexibility index (Phi) is 5.11. The highest BCUT2D eigenvalue weighted by Gasteiger charge is 2.50. The van der Waals surface area contributed by atoms with Gasteiger partial charge in [0.05, 0.1) is 36.7 Å². The van der Waals surface area contributed by atoms with Crippen molar-refractivity contribution in [1.29, 1.82) is 0 Å². The molecule has 4 heterocycles. The molecule has 2 aliphatic heterocycles. The van der Waals surface area contributed by atoms with E-state index in [9.17, 15) is 26.7 Å². The molecule has 34 heavy (non-hydrogen) atoms. The van der Waals surface area contributed by atoms with Gasteiger partial charge in [-0.2, -0.15) is 13.2 Å². The molecule has 0 bridgehead atoms. The number of halogens is 5. The minimum atomic E-state index is -4.98. The van der Waals surface area contributed by atoms with Crippen LogP contribution in [0, 0.1) is 24.0 Å². The van der Waals surface area contributed by atoms with Crippen LogP contribution >= 0.6 is 0 Å². The molecule has 13 heteroatoms. The van der Waals surface area contributed by atoms with Crippen molar-refractivity contribution >= 4 is 28.6 Å². The molecule has 1 atom stereocenters. The number of fused-ring (bicyclic) bond motifs is 1. The van der Waals surface area contributed by atoms with Crippen LogP contribution in [0.25, 0.3) is 11.0 Å². The van der Waals surface area contributed by atoms with Crippen LogP contribution in [0.15, 0.2) is 28.9 Å². The van der Waals surface area contributed by atoms with E-state index in [2.05, 4.69) is 15.3 Å². The molecule has 0 radical (unpaired) electrons. The number of rotatable bonds is 4. The van der Waals surface area contributed by atoms with E-state index in [1.54, 1.807) is 5.32 Å². The maximum atomic E-state index is 14.0. The van der Waals surface area contributed by atoms with E-state index in [1.165, 1.54) is 19.3 Å². The second-order valence-electron chi connectivity index (χ2n) is 8.55. The van der Waals surface area contributed by atoms with Crippen molar-refractivity contribution < 1.29 is 38.8 Å². The molecule has 184 valence electrons. The van der Waals surface area contributed by atoms with E-state index in [-0.39, 0.29) is 24.9 Å². The smallest absolute Gasteiger partial charge is 0.416 e. The number of anilines is 2. The van der Waals surface area contributed by atoms with Crippen molar-refractivity contribution in [3.63, 3.8) is 0 Å². The van der Waals surface area contributed by atoms with Gasteiger partial charge in [0.2, 0.25) is 5.95 Å². The number of hydrogen-bond donors (Lipinski definition) is 2. The Labute approximate surface area is 192 Å². The first-order valence-electron chi connectivity index (χ1n) is 10.2. The van der Waals surface area contributed by atoms with Crippen LogP contribution in [-0.4, -0.2) is 48.5 Å². The van der Waals surface area contributed by atoms with Crippen LogP contribution < -0.4 is 15.5 Å². The molecule has 2 aromatic heterocycles. The number of ether oxygens (including phenoxy) is 1. The Balaban J connectivity index is 0.00000180. The number of carbonyl (C=O) groups excluding carboxylic acids is 1. The molecular weight excluding hydrogens is 465 g/mol. The van der Waals surface area contributed by atoms with Crippen LogP contribution in [0.3, 0.4) is 0 Å². The summed E-state index contributed by atoms with van der Waals surface area (Å²) in [4.78, 5) is 22.5. The van der Waals surface area contributed by atoms with Crippen molar-refractivity contribution in [3.05, 3.63) is 47.5 Å². The SMILES string of the molecule is Cc1c(C(NC(=O)Nc2cnc(N3CC4(COC4)C3)nc2)C(F)(F)F)oc2c(F)cc(F)cc12.[HH].[HH]. The van der Waals surface area contributed by atoms with E-state index in [4.69, 9.17) is 9.15 Å². The maximum absolute atomic E-state index is 14.0.